The van der Waals surface area contributed by atoms with Gasteiger partial charge in [-0.1, -0.05) is 30.3 Å². The molecule has 24 heavy (non-hydrogen) atoms. The van der Waals surface area contributed by atoms with Crippen molar-refractivity contribution in [2.45, 2.75) is 20.3 Å². The van der Waals surface area contributed by atoms with Crippen molar-refractivity contribution in [1.29, 1.82) is 0 Å². The lowest BCUT2D eigenvalue weighted by Gasteiger charge is -2.10. The van der Waals surface area contributed by atoms with Gasteiger partial charge in [-0.2, -0.15) is 0 Å². The van der Waals surface area contributed by atoms with Crippen LogP contribution in [0.4, 0.5) is 0 Å². The third kappa shape index (κ3) is 2.99. The highest BCUT2D eigenvalue weighted by Gasteiger charge is 2.21. The molecule has 0 unspecified atom stereocenters. The summed E-state index contributed by atoms with van der Waals surface area (Å²) in [6, 6.07) is 10.5. The minimum absolute atomic E-state index is 0.0295. The SMILES string of the molecule is CC(=O)Oc1c(Cc2ccccc2)c(=O)oc2cc(C)oc(=O)c12. The van der Waals surface area contributed by atoms with Crippen LogP contribution in [0.25, 0.3) is 11.0 Å². The summed E-state index contributed by atoms with van der Waals surface area (Å²) in [5.74, 6) is -0.456. The molecule has 6 heteroatoms. The maximum atomic E-state index is 12.4. The summed E-state index contributed by atoms with van der Waals surface area (Å²) in [4.78, 5) is 36.0. The zero-order chi connectivity index (χ0) is 17.3. The Hall–Kier alpha value is -3.15. The molecule has 6 nitrogen and oxygen atoms in total. The predicted molar refractivity (Wildman–Crippen MR) is 86.3 cm³/mol. The zero-order valence-corrected chi connectivity index (χ0v) is 13.1. The van der Waals surface area contributed by atoms with Crippen molar-refractivity contribution in [3.63, 3.8) is 0 Å². The van der Waals surface area contributed by atoms with Gasteiger partial charge in [-0.3, -0.25) is 4.79 Å². The molecule has 0 aliphatic carbocycles. The lowest BCUT2D eigenvalue weighted by molar-refractivity contribution is -0.131. The van der Waals surface area contributed by atoms with Gasteiger partial charge in [-0.15, -0.1) is 0 Å². The van der Waals surface area contributed by atoms with E-state index in [1.807, 2.05) is 30.3 Å². The topological polar surface area (TPSA) is 86.7 Å². The number of esters is 1. The number of ether oxygens (including phenoxy) is 1. The van der Waals surface area contributed by atoms with Gasteiger partial charge in [-0.05, 0) is 12.5 Å². The molecule has 122 valence electrons. The Balaban J connectivity index is 2.31. The summed E-state index contributed by atoms with van der Waals surface area (Å²) < 4.78 is 15.5. The average Bonchev–Trinajstić information content (AvgIpc) is 2.50. The molecule has 0 aliphatic heterocycles. The fraction of sp³-hybridized carbons (Fsp3) is 0.167. The summed E-state index contributed by atoms with van der Waals surface area (Å²) in [6.07, 6.45) is 0.162. The number of benzene rings is 1. The number of aryl methyl sites for hydroxylation is 1. The molecule has 0 fully saturated rings. The van der Waals surface area contributed by atoms with Gasteiger partial charge in [0.2, 0.25) is 0 Å². The Morgan fingerprint density at radius 1 is 1.08 bits per heavy atom. The number of fused-ring (bicyclic) bond motifs is 1. The number of rotatable bonds is 3. The maximum absolute atomic E-state index is 12.4. The monoisotopic (exact) mass is 326 g/mol. The van der Waals surface area contributed by atoms with Crippen molar-refractivity contribution in [3.05, 3.63) is 74.1 Å². The van der Waals surface area contributed by atoms with Gasteiger partial charge in [0.1, 0.15) is 11.1 Å². The van der Waals surface area contributed by atoms with Gasteiger partial charge in [0.15, 0.2) is 11.3 Å². The van der Waals surface area contributed by atoms with E-state index < -0.39 is 17.2 Å². The van der Waals surface area contributed by atoms with Crippen LogP contribution in [0.15, 0.2) is 54.8 Å². The molecule has 0 N–H and O–H groups in total. The number of carbonyl (C=O) groups is 1. The molecule has 0 saturated heterocycles. The third-order valence-corrected chi connectivity index (χ3v) is 3.46. The first-order chi connectivity index (χ1) is 11.5. The first-order valence-corrected chi connectivity index (χ1v) is 7.28. The molecule has 2 heterocycles. The van der Waals surface area contributed by atoms with Crippen molar-refractivity contribution in [2.75, 3.05) is 0 Å². The van der Waals surface area contributed by atoms with Crippen LogP contribution in [0.5, 0.6) is 5.75 Å². The standard InChI is InChI=1S/C18H14O6/c1-10-8-14-15(18(21)22-10)16(23-11(2)19)13(17(20)24-14)9-12-6-4-3-5-7-12/h3-8H,9H2,1-2H3. The number of hydrogen-bond donors (Lipinski definition) is 0. The van der Waals surface area contributed by atoms with E-state index in [2.05, 4.69) is 0 Å². The van der Waals surface area contributed by atoms with Gasteiger partial charge in [-0.25, -0.2) is 9.59 Å². The van der Waals surface area contributed by atoms with Crippen molar-refractivity contribution < 1.29 is 18.4 Å². The molecule has 0 aliphatic rings. The van der Waals surface area contributed by atoms with E-state index in [-0.39, 0.29) is 28.7 Å². The normalized spacial score (nSPS) is 10.8. The molecular formula is C18H14O6. The second-order valence-corrected chi connectivity index (χ2v) is 5.34. The van der Waals surface area contributed by atoms with E-state index in [0.29, 0.717) is 5.76 Å². The summed E-state index contributed by atoms with van der Waals surface area (Å²) in [6.45, 7) is 2.76. The second-order valence-electron chi connectivity index (χ2n) is 5.34. The highest BCUT2D eigenvalue weighted by molar-refractivity contribution is 5.86. The van der Waals surface area contributed by atoms with Crippen molar-refractivity contribution in [2.24, 2.45) is 0 Å². The summed E-state index contributed by atoms with van der Waals surface area (Å²) in [5.41, 5.74) is -0.442. The maximum Gasteiger partial charge on any atom is 0.350 e. The quantitative estimate of drug-likeness (QED) is 0.688. The van der Waals surface area contributed by atoms with Crippen LogP contribution in [0.3, 0.4) is 0 Å². The van der Waals surface area contributed by atoms with E-state index in [0.717, 1.165) is 5.56 Å². The number of carbonyl (C=O) groups excluding carboxylic acids is 1. The molecule has 2 aromatic heterocycles. The van der Waals surface area contributed by atoms with E-state index in [1.54, 1.807) is 6.92 Å². The van der Waals surface area contributed by atoms with Crippen LogP contribution >= 0.6 is 0 Å². The molecule has 0 atom stereocenters. The molecular weight excluding hydrogens is 312 g/mol. The van der Waals surface area contributed by atoms with Crippen molar-refractivity contribution in [3.8, 4) is 5.75 Å². The van der Waals surface area contributed by atoms with Crippen LogP contribution in [-0.4, -0.2) is 5.97 Å². The molecule has 0 radical (unpaired) electrons. The van der Waals surface area contributed by atoms with Crippen LogP contribution < -0.4 is 16.0 Å². The minimum Gasteiger partial charge on any atom is -0.427 e. The first kappa shape index (κ1) is 15.7. The van der Waals surface area contributed by atoms with Crippen LogP contribution in [0, 0.1) is 6.92 Å². The summed E-state index contributed by atoms with van der Waals surface area (Å²) >= 11 is 0. The van der Waals surface area contributed by atoms with Crippen LogP contribution in [0.2, 0.25) is 0 Å². The zero-order valence-electron chi connectivity index (χ0n) is 13.1. The highest BCUT2D eigenvalue weighted by Crippen LogP contribution is 2.27. The Morgan fingerprint density at radius 3 is 2.46 bits per heavy atom. The van der Waals surface area contributed by atoms with Crippen molar-refractivity contribution >= 4 is 16.9 Å². The minimum atomic E-state index is -0.723. The largest absolute Gasteiger partial charge is 0.427 e. The highest BCUT2D eigenvalue weighted by atomic mass is 16.5. The summed E-state index contributed by atoms with van der Waals surface area (Å²) in [7, 11) is 0. The third-order valence-electron chi connectivity index (χ3n) is 3.46. The average molecular weight is 326 g/mol. The van der Waals surface area contributed by atoms with Crippen LogP contribution in [-0.2, 0) is 11.2 Å². The molecule has 0 saturated carbocycles. The molecule has 0 amide bonds. The Morgan fingerprint density at radius 2 is 1.79 bits per heavy atom. The molecule has 0 bridgehead atoms. The predicted octanol–water partition coefficient (Wildman–Crippen LogP) is 2.57. The van der Waals surface area contributed by atoms with Gasteiger partial charge < -0.3 is 13.6 Å². The lowest BCUT2D eigenvalue weighted by atomic mass is 10.0. The summed E-state index contributed by atoms with van der Waals surface area (Å²) in [5, 5.41) is -0.0543. The van der Waals surface area contributed by atoms with Gasteiger partial charge in [0, 0.05) is 19.4 Å². The van der Waals surface area contributed by atoms with Crippen LogP contribution in [0.1, 0.15) is 23.8 Å². The van der Waals surface area contributed by atoms with E-state index in [4.69, 9.17) is 13.6 Å². The fourth-order valence-electron chi connectivity index (χ4n) is 2.48. The van der Waals surface area contributed by atoms with Gasteiger partial charge in [0.05, 0.1) is 5.56 Å². The first-order valence-electron chi connectivity index (χ1n) is 7.28. The smallest absolute Gasteiger partial charge is 0.350 e. The second kappa shape index (κ2) is 6.16. The molecule has 3 aromatic rings. The van der Waals surface area contributed by atoms with Crippen molar-refractivity contribution in [1.82, 2.24) is 0 Å². The Kier molecular flexibility index (Phi) is 4.04. The Bertz CT molecular complexity index is 1030. The number of hydrogen-bond acceptors (Lipinski definition) is 6. The Labute approximate surface area is 136 Å². The molecule has 3 rings (SSSR count). The molecule has 1 aromatic carbocycles. The van der Waals surface area contributed by atoms with E-state index >= 15 is 0 Å². The van der Waals surface area contributed by atoms with E-state index in [1.165, 1.54) is 13.0 Å². The van der Waals surface area contributed by atoms with Gasteiger partial charge in [0.25, 0.3) is 0 Å². The molecule has 0 spiro atoms. The fourth-order valence-corrected chi connectivity index (χ4v) is 2.48. The van der Waals surface area contributed by atoms with E-state index in [9.17, 15) is 14.4 Å². The lowest BCUT2D eigenvalue weighted by Crippen LogP contribution is -2.17. The van der Waals surface area contributed by atoms with Gasteiger partial charge >= 0.3 is 17.2 Å².